The second-order valence-corrected chi connectivity index (χ2v) is 3.65. The van der Waals surface area contributed by atoms with Crippen molar-refractivity contribution < 1.29 is 13.9 Å². The number of nitrogens with zero attached hydrogens (tertiary/aromatic N) is 1. The number of unbranched alkanes of at least 4 members (excludes halogenated alkanes) is 1. The molecule has 0 aliphatic heterocycles. The smallest absolute Gasteiger partial charge is 0.153 e. The molecule has 1 aromatic heterocycles. The van der Waals surface area contributed by atoms with E-state index in [9.17, 15) is 8.78 Å². The highest BCUT2D eigenvalue weighted by atomic mass is 19.1. The molecule has 2 N–H and O–H groups in total. The molecule has 3 nitrogen and oxygen atoms in total. The van der Waals surface area contributed by atoms with E-state index in [4.69, 9.17) is 5.11 Å². The zero-order chi connectivity index (χ0) is 11.5. The van der Waals surface area contributed by atoms with Gasteiger partial charge in [0.15, 0.2) is 5.82 Å². The summed E-state index contributed by atoms with van der Waals surface area (Å²) in [5.41, 5.74) is 0.539. The lowest BCUT2D eigenvalue weighted by Crippen LogP contribution is -1.90. The van der Waals surface area contributed by atoms with Crippen LogP contribution in [-0.2, 0) is 6.42 Å². The van der Waals surface area contributed by atoms with Crippen LogP contribution < -0.4 is 0 Å². The number of aliphatic hydroxyl groups excluding tert-OH is 1. The second-order valence-electron chi connectivity index (χ2n) is 3.65. The van der Waals surface area contributed by atoms with Crippen LogP contribution in [0.4, 0.5) is 8.78 Å². The van der Waals surface area contributed by atoms with Crippen LogP contribution in [0.15, 0.2) is 12.1 Å². The third-order valence-corrected chi connectivity index (χ3v) is 2.38. The number of hydrogen-bond donors (Lipinski definition) is 2. The lowest BCUT2D eigenvalue weighted by molar-refractivity contribution is 0.284. The fourth-order valence-electron chi connectivity index (χ4n) is 1.62. The Morgan fingerprint density at radius 3 is 2.81 bits per heavy atom. The van der Waals surface area contributed by atoms with Crippen LogP contribution in [0.3, 0.4) is 0 Å². The molecule has 0 fully saturated rings. The number of fused-ring (bicyclic) bond motifs is 1. The lowest BCUT2D eigenvalue weighted by atomic mass is 10.2. The molecule has 0 bridgehead atoms. The van der Waals surface area contributed by atoms with Crippen LogP contribution in [-0.4, -0.2) is 21.7 Å². The van der Waals surface area contributed by atoms with Crippen molar-refractivity contribution in [3.8, 4) is 0 Å². The maximum atomic E-state index is 13.3. The molecule has 2 aromatic rings. The molecule has 0 amide bonds. The Morgan fingerprint density at radius 1 is 1.25 bits per heavy atom. The first-order valence-corrected chi connectivity index (χ1v) is 5.15. The van der Waals surface area contributed by atoms with E-state index in [1.807, 2.05) is 0 Å². The van der Waals surface area contributed by atoms with Crippen LogP contribution in [0.5, 0.6) is 0 Å². The molecule has 1 heterocycles. The molecule has 1 aromatic carbocycles. The zero-order valence-corrected chi connectivity index (χ0v) is 8.63. The van der Waals surface area contributed by atoms with Crippen molar-refractivity contribution in [2.45, 2.75) is 19.3 Å². The van der Waals surface area contributed by atoms with Gasteiger partial charge in [0.2, 0.25) is 0 Å². The van der Waals surface area contributed by atoms with E-state index in [0.29, 0.717) is 24.2 Å². The number of aromatic nitrogens is 2. The van der Waals surface area contributed by atoms with E-state index in [2.05, 4.69) is 9.97 Å². The average Bonchev–Trinajstić information content (AvgIpc) is 2.61. The number of aromatic amines is 1. The first-order chi connectivity index (χ1) is 7.70. The number of halogens is 2. The summed E-state index contributed by atoms with van der Waals surface area (Å²) >= 11 is 0. The van der Waals surface area contributed by atoms with Gasteiger partial charge < -0.3 is 10.1 Å². The zero-order valence-electron chi connectivity index (χ0n) is 8.63. The minimum absolute atomic E-state index is 0.128. The van der Waals surface area contributed by atoms with Crippen molar-refractivity contribution >= 4 is 11.0 Å². The van der Waals surface area contributed by atoms with Gasteiger partial charge in [-0.3, -0.25) is 0 Å². The van der Waals surface area contributed by atoms with E-state index in [0.717, 1.165) is 12.5 Å². The average molecular weight is 226 g/mol. The highest BCUT2D eigenvalue weighted by Crippen LogP contribution is 2.17. The Labute approximate surface area is 91.1 Å². The Morgan fingerprint density at radius 2 is 2.06 bits per heavy atom. The summed E-state index contributed by atoms with van der Waals surface area (Å²) < 4.78 is 26.2. The number of aliphatic hydroxyl groups is 1. The predicted molar refractivity (Wildman–Crippen MR) is 56.0 cm³/mol. The standard InChI is InChI=1S/C11H12F2N2O/c12-7-5-8(13)11-9(6-7)14-10(15-11)3-1-2-4-16/h5-6,16H,1-4H2,(H,14,15). The third kappa shape index (κ3) is 2.19. The van der Waals surface area contributed by atoms with Gasteiger partial charge in [-0.15, -0.1) is 0 Å². The lowest BCUT2D eigenvalue weighted by Gasteiger charge is -1.93. The molecular formula is C11H12F2N2O. The Kier molecular flexibility index (Phi) is 3.14. The van der Waals surface area contributed by atoms with Crippen molar-refractivity contribution in [3.63, 3.8) is 0 Å². The molecule has 16 heavy (non-hydrogen) atoms. The van der Waals surface area contributed by atoms with Crippen LogP contribution in [0.1, 0.15) is 18.7 Å². The highest BCUT2D eigenvalue weighted by molar-refractivity contribution is 5.75. The van der Waals surface area contributed by atoms with Gasteiger partial charge in [-0.25, -0.2) is 13.8 Å². The molecule has 0 aliphatic rings. The normalized spacial score (nSPS) is 11.2. The highest BCUT2D eigenvalue weighted by Gasteiger charge is 2.09. The van der Waals surface area contributed by atoms with E-state index < -0.39 is 11.6 Å². The summed E-state index contributed by atoms with van der Waals surface area (Å²) in [6.45, 7) is 0.128. The third-order valence-electron chi connectivity index (χ3n) is 2.38. The molecule has 86 valence electrons. The molecule has 0 saturated heterocycles. The Bertz CT molecular complexity index is 496. The number of aryl methyl sites for hydroxylation is 1. The molecular weight excluding hydrogens is 214 g/mol. The summed E-state index contributed by atoms with van der Waals surface area (Å²) in [6, 6.07) is 2.04. The number of hydrogen-bond acceptors (Lipinski definition) is 2. The largest absolute Gasteiger partial charge is 0.396 e. The monoisotopic (exact) mass is 226 g/mol. The molecule has 0 unspecified atom stereocenters. The number of H-pyrrole nitrogens is 1. The fourth-order valence-corrected chi connectivity index (χ4v) is 1.62. The summed E-state index contributed by atoms with van der Waals surface area (Å²) in [6.07, 6.45) is 2.06. The van der Waals surface area contributed by atoms with Gasteiger partial charge in [-0.2, -0.15) is 0 Å². The minimum Gasteiger partial charge on any atom is -0.396 e. The van der Waals surface area contributed by atoms with Crippen molar-refractivity contribution in [2.24, 2.45) is 0 Å². The van der Waals surface area contributed by atoms with Crippen molar-refractivity contribution in [2.75, 3.05) is 6.61 Å². The van der Waals surface area contributed by atoms with Gasteiger partial charge in [0.25, 0.3) is 0 Å². The van der Waals surface area contributed by atoms with Crippen molar-refractivity contribution in [1.82, 2.24) is 9.97 Å². The first-order valence-electron chi connectivity index (χ1n) is 5.15. The molecule has 0 radical (unpaired) electrons. The van der Waals surface area contributed by atoms with Gasteiger partial charge in [0, 0.05) is 19.1 Å². The molecule has 0 atom stereocenters. The van der Waals surface area contributed by atoms with E-state index in [1.54, 1.807) is 0 Å². The van der Waals surface area contributed by atoms with E-state index in [1.165, 1.54) is 6.07 Å². The number of rotatable bonds is 4. The number of nitrogens with one attached hydrogen (secondary N) is 1. The van der Waals surface area contributed by atoms with Gasteiger partial charge in [0.05, 0.1) is 5.52 Å². The van der Waals surface area contributed by atoms with Gasteiger partial charge in [0.1, 0.15) is 17.2 Å². The SMILES string of the molecule is OCCCCc1nc2c(F)cc(F)cc2[nH]1. The Balaban J connectivity index is 2.26. The van der Waals surface area contributed by atoms with Crippen molar-refractivity contribution in [1.29, 1.82) is 0 Å². The first kappa shape index (κ1) is 11.0. The molecule has 0 spiro atoms. The summed E-state index contributed by atoms with van der Waals surface area (Å²) in [5.74, 6) is -0.650. The van der Waals surface area contributed by atoms with Crippen LogP contribution in [0.2, 0.25) is 0 Å². The van der Waals surface area contributed by atoms with Gasteiger partial charge in [-0.1, -0.05) is 0 Å². The predicted octanol–water partition coefficient (Wildman–Crippen LogP) is 2.16. The summed E-state index contributed by atoms with van der Waals surface area (Å²) in [5, 5.41) is 8.62. The molecule has 5 heteroatoms. The molecule has 0 saturated carbocycles. The topological polar surface area (TPSA) is 48.9 Å². The number of imidazole rings is 1. The summed E-state index contributed by atoms with van der Waals surface area (Å²) in [4.78, 5) is 6.91. The Hall–Kier alpha value is -1.49. The molecule has 2 rings (SSSR count). The van der Waals surface area contributed by atoms with E-state index in [-0.39, 0.29) is 12.1 Å². The summed E-state index contributed by atoms with van der Waals surface area (Å²) in [7, 11) is 0. The number of benzene rings is 1. The van der Waals surface area contributed by atoms with Crippen molar-refractivity contribution in [3.05, 3.63) is 29.6 Å². The minimum atomic E-state index is -0.653. The van der Waals surface area contributed by atoms with Gasteiger partial charge >= 0.3 is 0 Å². The van der Waals surface area contributed by atoms with E-state index >= 15 is 0 Å². The quantitative estimate of drug-likeness (QED) is 0.785. The molecule has 0 aliphatic carbocycles. The van der Waals surface area contributed by atoms with Crippen LogP contribution in [0, 0.1) is 11.6 Å². The maximum Gasteiger partial charge on any atom is 0.153 e. The van der Waals surface area contributed by atoms with Gasteiger partial charge in [-0.05, 0) is 18.9 Å². The van der Waals surface area contributed by atoms with Crippen LogP contribution >= 0.6 is 0 Å². The maximum absolute atomic E-state index is 13.3. The fraction of sp³-hybridized carbons (Fsp3) is 0.364. The van der Waals surface area contributed by atoms with Crippen LogP contribution in [0.25, 0.3) is 11.0 Å². The second kappa shape index (κ2) is 4.57.